The summed E-state index contributed by atoms with van der Waals surface area (Å²) in [5.41, 5.74) is 0. The van der Waals surface area contributed by atoms with Gasteiger partial charge in [-0.15, -0.1) is 0 Å². The third kappa shape index (κ3) is 5.07. The van der Waals surface area contributed by atoms with E-state index in [1.165, 1.54) is 19.3 Å². The highest BCUT2D eigenvalue weighted by molar-refractivity contribution is 5.83. The highest BCUT2D eigenvalue weighted by Crippen LogP contribution is 2.12. The zero-order chi connectivity index (χ0) is 12.7. The Labute approximate surface area is 106 Å². The number of nitrogens with zero attached hydrogens (tertiary/aromatic N) is 1. The van der Waals surface area contributed by atoms with Gasteiger partial charge < -0.3 is 4.90 Å². The van der Waals surface area contributed by atoms with E-state index < -0.39 is 0 Å². The summed E-state index contributed by atoms with van der Waals surface area (Å²) in [7, 11) is 0. The van der Waals surface area contributed by atoms with Crippen LogP contribution in [0.15, 0.2) is 0 Å². The van der Waals surface area contributed by atoms with E-state index >= 15 is 0 Å². The van der Waals surface area contributed by atoms with Crippen LogP contribution in [0.25, 0.3) is 0 Å². The SMILES string of the molecule is CCCCC1NCN(CCCCC(C)C)C1=O. The topological polar surface area (TPSA) is 32.3 Å². The lowest BCUT2D eigenvalue weighted by Gasteiger charge is -2.15. The third-order valence-corrected chi connectivity index (χ3v) is 3.44. The summed E-state index contributed by atoms with van der Waals surface area (Å²) in [4.78, 5) is 14.0. The standard InChI is InChI=1S/C14H28N2O/c1-4-5-9-13-14(17)16(11-15-13)10-7-6-8-12(2)3/h12-13,15H,4-11H2,1-3H3. The second-order valence-electron chi connectivity index (χ2n) is 5.55. The molecular weight excluding hydrogens is 212 g/mol. The van der Waals surface area contributed by atoms with E-state index in [9.17, 15) is 4.79 Å². The second-order valence-corrected chi connectivity index (χ2v) is 5.55. The largest absolute Gasteiger partial charge is 0.329 e. The van der Waals surface area contributed by atoms with Crippen molar-refractivity contribution in [2.75, 3.05) is 13.2 Å². The number of rotatable bonds is 8. The van der Waals surface area contributed by atoms with E-state index in [0.717, 1.165) is 38.4 Å². The molecule has 0 aromatic rings. The molecular formula is C14H28N2O. The highest BCUT2D eigenvalue weighted by Gasteiger charge is 2.29. The zero-order valence-corrected chi connectivity index (χ0v) is 11.7. The quantitative estimate of drug-likeness (QED) is 0.662. The summed E-state index contributed by atoms with van der Waals surface area (Å²) in [5, 5.41) is 3.32. The van der Waals surface area contributed by atoms with Gasteiger partial charge in [0.05, 0.1) is 12.7 Å². The summed E-state index contributed by atoms with van der Waals surface area (Å²) in [6.45, 7) is 8.37. The van der Waals surface area contributed by atoms with Crippen molar-refractivity contribution < 1.29 is 4.79 Å². The molecule has 0 radical (unpaired) electrons. The van der Waals surface area contributed by atoms with Gasteiger partial charge in [0.15, 0.2) is 0 Å². The summed E-state index contributed by atoms with van der Waals surface area (Å²) < 4.78 is 0. The number of carbonyl (C=O) groups excluding carboxylic acids is 1. The maximum atomic E-state index is 12.0. The first-order valence-electron chi connectivity index (χ1n) is 7.17. The van der Waals surface area contributed by atoms with Crippen LogP contribution in [0.3, 0.4) is 0 Å². The fourth-order valence-electron chi connectivity index (χ4n) is 2.28. The van der Waals surface area contributed by atoms with Crippen molar-refractivity contribution in [3.8, 4) is 0 Å². The smallest absolute Gasteiger partial charge is 0.240 e. The van der Waals surface area contributed by atoms with Gasteiger partial charge in [0.2, 0.25) is 5.91 Å². The van der Waals surface area contributed by atoms with Crippen molar-refractivity contribution in [3.63, 3.8) is 0 Å². The molecule has 3 nitrogen and oxygen atoms in total. The minimum atomic E-state index is 0.0973. The summed E-state index contributed by atoms with van der Waals surface area (Å²) in [5.74, 6) is 1.10. The molecule has 0 aliphatic carbocycles. The number of carbonyl (C=O) groups is 1. The number of unbranched alkanes of at least 4 members (excludes halogenated alkanes) is 2. The van der Waals surface area contributed by atoms with Crippen molar-refractivity contribution >= 4 is 5.91 Å². The predicted octanol–water partition coefficient (Wildman–Crippen LogP) is 2.76. The minimum absolute atomic E-state index is 0.0973. The van der Waals surface area contributed by atoms with Gasteiger partial charge in [0, 0.05) is 6.54 Å². The van der Waals surface area contributed by atoms with Crippen LogP contribution in [-0.4, -0.2) is 30.1 Å². The molecule has 1 aliphatic heterocycles. The van der Waals surface area contributed by atoms with E-state index in [-0.39, 0.29) is 6.04 Å². The molecule has 1 amide bonds. The number of amides is 1. The Morgan fingerprint density at radius 2 is 2.12 bits per heavy atom. The van der Waals surface area contributed by atoms with Crippen LogP contribution in [-0.2, 0) is 4.79 Å². The van der Waals surface area contributed by atoms with Crippen molar-refractivity contribution in [1.82, 2.24) is 10.2 Å². The van der Waals surface area contributed by atoms with Crippen LogP contribution in [0.5, 0.6) is 0 Å². The second kappa shape index (κ2) is 7.70. The Morgan fingerprint density at radius 3 is 2.76 bits per heavy atom. The monoisotopic (exact) mass is 240 g/mol. The van der Waals surface area contributed by atoms with Crippen LogP contribution in [0, 0.1) is 5.92 Å². The normalized spacial score (nSPS) is 20.6. The average molecular weight is 240 g/mol. The van der Waals surface area contributed by atoms with Gasteiger partial charge in [-0.1, -0.05) is 46.5 Å². The molecule has 0 bridgehead atoms. The highest BCUT2D eigenvalue weighted by atomic mass is 16.2. The van der Waals surface area contributed by atoms with E-state index in [1.807, 2.05) is 4.90 Å². The molecule has 100 valence electrons. The molecule has 17 heavy (non-hydrogen) atoms. The predicted molar refractivity (Wildman–Crippen MR) is 71.7 cm³/mol. The third-order valence-electron chi connectivity index (χ3n) is 3.44. The molecule has 1 atom stereocenters. The van der Waals surface area contributed by atoms with E-state index in [1.54, 1.807) is 0 Å². The van der Waals surface area contributed by atoms with Crippen LogP contribution in [0.1, 0.15) is 59.3 Å². The number of hydrogen-bond donors (Lipinski definition) is 1. The summed E-state index contributed by atoms with van der Waals surface area (Å²) >= 11 is 0. The molecule has 1 heterocycles. The molecule has 1 rings (SSSR count). The maximum absolute atomic E-state index is 12.0. The van der Waals surface area contributed by atoms with Crippen molar-refractivity contribution in [2.24, 2.45) is 5.92 Å². The molecule has 3 heteroatoms. The first-order valence-corrected chi connectivity index (χ1v) is 7.17. The zero-order valence-electron chi connectivity index (χ0n) is 11.7. The maximum Gasteiger partial charge on any atom is 0.240 e. The Balaban J connectivity index is 2.16. The molecule has 1 aliphatic rings. The first kappa shape index (κ1) is 14.5. The first-order chi connectivity index (χ1) is 8.15. The van der Waals surface area contributed by atoms with Gasteiger partial charge in [0.25, 0.3) is 0 Å². The van der Waals surface area contributed by atoms with E-state index in [0.29, 0.717) is 5.91 Å². The van der Waals surface area contributed by atoms with E-state index in [2.05, 4.69) is 26.1 Å². The molecule has 0 spiro atoms. The molecule has 0 aromatic carbocycles. The molecule has 1 fully saturated rings. The van der Waals surface area contributed by atoms with Crippen LogP contribution in [0.2, 0.25) is 0 Å². The fraction of sp³-hybridized carbons (Fsp3) is 0.929. The van der Waals surface area contributed by atoms with Gasteiger partial charge in [-0.25, -0.2) is 0 Å². The van der Waals surface area contributed by atoms with E-state index in [4.69, 9.17) is 0 Å². The molecule has 1 unspecified atom stereocenters. The lowest BCUT2D eigenvalue weighted by molar-refractivity contribution is -0.129. The van der Waals surface area contributed by atoms with Crippen molar-refractivity contribution in [3.05, 3.63) is 0 Å². The molecule has 1 saturated heterocycles. The van der Waals surface area contributed by atoms with Crippen LogP contribution >= 0.6 is 0 Å². The van der Waals surface area contributed by atoms with Gasteiger partial charge >= 0.3 is 0 Å². The summed E-state index contributed by atoms with van der Waals surface area (Å²) in [6.07, 6.45) is 6.96. The van der Waals surface area contributed by atoms with Gasteiger partial charge in [-0.3, -0.25) is 10.1 Å². The molecule has 0 aromatic heterocycles. The fourth-order valence-corrected chi connectivity index (χ4v) is 2.28. The molecule has 0 saturated carbocycles. The Bertz CT molecular complexity index is 228. The van der Waals surface area contributed by atoms with Crippen molar-refractivity contribution in [1.29, 1.82) is 0 Å². The van der Waals surface area contributed by atoms with Gasteiger partial charge in [-0.2, -0.15) is 0 Å². The Kier molecular flexibility index (Phi) is 6.56. The molecule has 1 N–H and O–H groups in total. The lowest BCUT2D eigenvalue weighted by Crippen LogP contribution is -2.31. The summed E-state index contributed by atoms with van der Waals surface area (Å²) in [6, 6.07) is 0.0973. The van der Waals surface area contributed by atoms with Crippen LogP contribution < -0.4 is 5.32 Å². The van der Waals surface area contributed by atoms with Gasteiger partial charge in [-0.05, 0) is 18.8 Å². The van der Waals surface area contributed by atoms with Crippen molar-refractivity contribution in [2.45, 2.75) is 65.3 Å². The number of nitrogens with one attached hydrogen (secondary N) is 1. The Hall–Kier alpha value is -0.570. The minimum Gasteiger partial charge on any atom is -0.329 e. The Morgan fingerprint density at radius 1 is 1.35 bits per heavy atom. The van der Waals surface area contributed by atoms with Gasteiger partial charge in [0.1, 0.15) is 0 Å². The average Bonchev–Trinajstić information content (AvgIpc) is 2.63. The lowest BCUT2D eigenvalue weighted by atomic mass is 10.1. The number of hydrogen-bond acceptors (Lipinski definition) is 2. The van der Waals surface area contributed by atoms with Crippen LogP contribution in [0.4, 0.5) is 0 Å².